The van der Waals surface area contributed by atoms with Gasteiger partial charge in [0.25, 0.3) is 0 Å². The molecule has 1 aromatic carbocycles. The van der Waals surface area contributed by atoms with Gasteiger partial charge in [-0.2, -0.15) is 0 Å². The van der Waals surface area contributed by atoms with Crippen LogP contribution in [0.25, 0.3) is 0 Å². The van der Waals surface area contributed by atoms with Gasteiger partial charge >= 0.3 is 0 Å². The summed E-state index contributed by atoms with van der Waals surface area (Å²) in [6.45, 7) is 5.48. The molecule has 0 amide bonds. The van der Waals surface area contributed by atoms with Crippen molar-refractivity contribution in [3.8, 4) is 0 Å². The van der Waals surface area contributed by atoms with Crippen molar-refractivity contribution in [2.24, 2.45) is 0 Å². The van der Waals surface area contributed by atoms with E-state index in [1.165, 1.54) is 5.56 Å². The van der Waals surface area contributed by atoms with E-state index in [0.717, 1.165) is 13.0 Å². The van der Waals surface area contributed by atoms with Gasteiger partial charge in [-0.05, 0) is 32.9 Å². The minimum atomic E-state index is 0.0462. The SMILES string of the molecule is CN(Cc1ccccc1)C(C)(C)CCO. The Balaban J connectivity index is 2.59. The Morgan fingerprint density at radius 3 is 2.33 bits per heavy atom. The van der Waals surface area contributed by atoms with Gasteiger partial charge in [-0.1, -0.05) is 30.3 Å². The Morgan fingerprint density at radius 2 is 1.80 bits per heavy atom. The van der Waals surface area contributed by atoms with E-state index in [0.29, 0.717) is 0 Å². The normalized spacial score (nSPS) is 12.1. The quantitative estimate of drug-likeness (QED) is 0.800. The van der Waals surface area contributed by atoms with Crippen molar-refractivity contribution in [2.75, 3.05) is 13.7 Å². The third-order valence-corrected chi connectivity index (χ3v) is 3.02. The van der Waals surface area contributed by atoms with Crippen LogP contribution in [0.3, 0.4) is 0 Å². The highest BCUT2D eigenvalue weighted by molar-refractivity contribution is 5.14. The summed E-state index contributed by atoms with van der Waals surface area (Å²) in [5.74, 6) is 0. The zero-order valence-corrected chi connectivity index (χ0v) is 9.90. The molecular formula is C13H21NO. The molecular weight excluding hydrogens is 186 g/mol. The summed E-state index contributed by atoms with van der Waals surface area (Å²) in [5.41, 5.74) is 1.36. The minimum absolute atomic E-state index is 0.0462. The van der Waals surface area contributed by atoms with E-state index in [2.05, 4.69) is 50.1 Å². The molecule has 0 aliphatic heterocycles. The van der Waals surface area contributed by atoms with Crippen LogP contribution >= 0.6 is 0 Å². The fourth-order valence-electron chi connectivity index (χ4n) is 1.54. The number of rotatable bonds is 5. The first-order valence-electron chi connectivity index (χ1n) is 5.42. The van der Waals surface area contributed by atoms with Gasteiger partial charge < -0.3 is 5.11 Å². The molecule has 0 aliphatic carbocycles. The van der Waals surface area contributed by atoms with E-state index in [1.54, 1.807) is 0 Å². The Labute approximate surface area is 92.5 Å². The van der Waals surface area contributed by atoms with Crippen LogP contribution in [0, 0.1) is 0 Å². The Kier molecular flexibility index (Phi) is 4.30. The highest BCUT2D eigenvalue weighted by atomic mass is 16.3. The molecule has 2 nitrogen and oxygen atoms in total. The molecule has 1 rings (SSSR count). The van der Waals surface area contributed by atoms with Crippen LogP contribution in [-0.2, 0) is 6.54 Å². The van der Waals surface area contributed by atoms with Crippen LogP contribution in [0.5, 0.6) is 0 Å². The number of hydrogen-bond acceptors (Lipinski definition) is 2. The van der Waals surface area contributed by atoms with Crippen LogP contribution in [0.15, 0.2) is 30.3 Å². The maximum Gasteiger partial charge on any atom is 0.0448 e. The van der Waals surface area contributed by atoms with Crippen LogP contribution in [-0.4, -0.2) is 29.2 Å². The Morgan fingerprint density at radius 1 is 1.20 bits per heavy atom. The number of benzene rings is 1. The predicted molar refractivity (Wildman–Crippen MR) is 63.7 cm³/mol. The average molecular weight is 207 g/mol. The molecule has 1 aromatic rings. The largest absolute Gasteiger partial charge is 0.396 e. The Hall–Kier alpha value is -0.860. The van der Waals surface area contributed by atoms with Crippen molar-refractivity contribution < 1.29 is 5.11 Å². The summed E-state index contributed by atoms with van der Waals surface area (Å²) in [5, 5.41) is 8.99. The van der Waals surface area contributed by atoms with Gasteiger partial charge in [-0.3, -0.25) is 4.90 Å². The molecule has 0 heterocycles. The first kappa shape index (κ1) is 12.2. The van der Waals surface area contributed by atoms with Gasteiger partial charge in [-0.25, -0.2) is 0 Å². The highest BCUT2D eigenvalue weighted by Gasteiger charge is 2.22. The van der Waals surface area contributed by atoms with E-state index in [1.807, 2.05) is 6.07 Å². The molecule has 0 atom stereocenters. The molecule has 0 bridgehead atoms. The van der Waals surface area contributed by atoms with E-state index in [-0.39, 0.29) is 12.1 Å². The molecule has 0 radical (unpaired) electrons. The number of nitrogens with zero attached hydrogens (tertiary/aromatic N) is 1. The van der Waals surface area contributed by atoms with Gasteiger partial charge in [0.1, 0.15) is 0 Å². The summed E-state index contributed by atoms with van der Waals surface area (Å²) in [6, 6.07) is 10.4. The fourth-order valence-corrected chi connectivity index (χ4v) is 1.54. The third-order valence-electron chi connectivity index (χ3n) is 3.02. The molecule has 15 heavy (non-hydrogen) atoms. The first-order chi connectivity index (χ1) is 7.06. The maximum absolute atomic E-state index is 8.99. The molecule has 1 N–H and O–H groups in total. The summed E-state index contributed by atoms with van der Waals surface area (Å²) >= 11 is 0. The van der Waals surface area contributed by atoms with Gasteiger partial charge in [0, 0.05) is 18.7 Å². The zero-order valence-electron chi connectivity index (χ0n) is 9.90. The average Bonchev–Trinajstić information content (AvgIpc) is 2.19. The predicted octanol–water partition coefficient (Wildman–Crippen LogP) is 2.28. The van der Waals surface area contributed by atoms with E-state index < -0.39 is 0 Å². The lowest BCUT2D eigenvalue weighted by atomic mass is 9.98. The molecule has 0 fully saturated rings. The topological polar surface area (TPSA) is 23.5 Å². The van der Waals surface area contributed by atoms with Crippen LogP contribution in [0.2, 0.25) is 0 Å². The van der Waals surface area contributed by atoms with Crippen molar-refractivity contribution in [2.45, 2.75) is 32.4 Å². The molecule has 0 unspecified atom stereocenters. The third kappa shape index (κ3) is 3.65. The van der Waals surface area contributed by atoms with Gasteiger partial charge in [0.15, 0.2) is 0 Å². The summed E-state index contributed by atoms with van der Waals surface area (Å²) in [6.07, 6.45) is 0.802. The van der Waals surface area contributed by atoms with Gasteiger partial charge in [-0.15, -0.1) is 0 Å². The first-order valence-corrected chi connectivity index (χ1v) is 5.42. The highest BCUT2D eigenvalue weighted by Crippen LogP contribution is 2.18. The van der Waals surface area contributed by atoms with E-state index in [9.17, 15) is 0 Å². The Bertz CT molecular complexity index is 282. The maximum atomic E-state index is 8.99. The minimum Gasteiger partial charge on any atom is -0.396 e. The number of aliphatic hydroxyl groups is 1. The second kappa shape index (κ2) is 5.29. The number of aliphatic hydroxyl groups excluding tert-OH is 1. The molecule has 0 aromatic heterocycles. The summed E-state index contributed by atoms with van der Waals surface area (Å²) < 4.78 is 0. The molecule has 0 saturated heterocycles. The lowest BCUT2D eigenvalue weighted by Crippen LogP contribution is -2.41. The van der Waals surface area contributed by atoms with Gasteiger partial charge in [0.2, 0.25) is 0 Å². The lowest BCUT2D eigenvalue weighted by molar-refractivity contribution is 0.110. The molecule has 0 spiro atoms. The standard InChI is InChI=1S/C13H21NO/c1-13(2,9-10-15)14(3)11-12-7-5-4-6-8-12/h4-8,15H,9-11H2,1-3H3. The van der Waals surface area contributed by atoms with E-state index >= 15 is 0 Å². The van der Waals surface area contributed by atoms with Crippen LogP contribution in [0.4, 0.5) is 0 Å². The van der Waals surface area contributed by atoms with Crippen LogP contribution < -0.4 is 0 Å². The van der Waals surface area contributed by atoms with Crippen molar-refractivity contribution in [1.82, 2.24) is 4.90 Å². The van der Waals surface area contributed by atoms with Crippen molar-refractivity contribution >= 4 is 0 Å². The van der Waals surface area contributed by atoms with E-state index in [4.69, 9.17) is 5.11 Å². The molecule has 0 aliphatic rings. The second-order valence-corrected chi connectivity index (χ2v) is 4.63. The lowest BCUT2D eigenvalue weighted by Gasteiger charge is -2.35. The van der Waals surface area contributed by atoms with Crippen LogP contribution in [0.1, 0.15) is 25.8 Å². The van der Waals surface area contributed by atoms with Gasteiger partial charge in [0.05, 0.1) is 0 Å². The van der Waals surface area contributed by atoms with Crippen molar-refractivity contribution in [3.05, 3.63) is 35.9 Å². The molecule has 0 saturated carbocycles. The number of hydrogen-bond donors (Lipinski definition) is 1. The zero-order chi connectivity index (χ0) is 11.3. The molecule has 84 valence electrons. The monoisotopic (exact) mass is 207 g/mol. The van der Waals surface area contributed by atoms with Crippen molar-refractivity contribution in [1.29, 1.82) is 0 Å². The second-order valence-electron chi connectivity index (χ2n) is 4.63. The van der Waals surface area contributed by atoms with Crippen molar-refractivity contribution in [3.63, 3.8) is 0 Å². The molecule has 2 heteroatoms. The fraction of sp³-hybridized carbons (Fsp3) is 0.538. The smallest absolute Gasteiger partial charge is 0.0448 e. The summed E-state index contributed by atoms with van der Waals surface area (Å²) in [4.78, 5) is 2.28. The summed E-state index contributed by atoms with van der Waals surface area (Å²) in [7, 11) is 2.10.